The van der Waals surface area contributed by atoms with E-state index in [-0.39, 0.29) is 22.7 Å². The van der Waals surface area contributed by atoms with Crippen molar-refractivity contribution >= 4 is 21.4 Å². The maximum atomic E-state index is 13.0. The molecule has 6 nitrogen and oxygen atoms in total. The molecule has 0 aliphatic rings. The summed E-state index contributed by atoms with van der Waals surface area (Å²) < 4.78 is 76.4. The molecular weight excluding hydrogens is 429 g/mol. The van der Waals surface area contributed by atoms with E-state index >= 15 is 0 Å². The van der Waals surface area contributed by atoms with Gasteiger partial charge in [-0.15, -0.1) is 11.3 Å². The summed E-state index contributed by atoms with van der Waals surface area (Å²) in [4.78, 5) is 0.862. The molecule has 0 bridgehead atoms. The zero-order valence-corrected chi connectivity index (χ0v) is 17.3. The van der Waals surface area contributed by atoms with Gasteiger partial charge in [0.05, 0.1) is 7.11 Å². The van der Waals surface area contributed by atoms with Crippen molar-refractivity contribution < 1.29 is 30.8 Å². The Morgan fingerprint density at radius 1 is 1.17 bits per heavy atom. The van der Waals surface area contributed by atoms with Crippen LogP contribution in [0.4, 0.5) is 13.2 Å². The Hall–Kier alpha value is -2.37. The molecule has 1 aromatic carbocycles. The number of halogens is 3. The fourth-order valence-corrected chi connectivity index (χ4v) is 5.69. The van der Waals surface area contributed by atoms with Crippen molar-refractivity contribution in [3.8, 4) is 17.0 Å². The second-order valence-electron chi connectivity index (χ2n) is 6.17. The Balaban J connectivity index is 1.94. The van der Waals surface area contributed by atoms with E-state index in [0.29, 0.717) is 27.1 Å². The molecule has 0 amide bonds. The van der Waals surface area contributed by atoms with Crippen molar-refractivity contribution in [1.29, 1.82) is 0 Å². The normalized spacial score (nSPS) is 12.3. The van der Waals surface area contributed by atoms with Crippen LogP contribution in [0.1, 0.15) is 21.1 Å². The van der Waals surface area contributed by atoms with Crippen molar-refractivity contribution in [2.45, 2.75) is 31.5 Å². The molecule has 3 aromatic rings. The lowest BCUT2D eigenvalue weighted by atomic mass is 10.1. The van der Waals surface area contributed by atoms with E-state index in [1.807, 2.05) is 0 Å². The van der Waals surface area contributed by atoms with E-state index in [0.717, 1.165) is 11.3 Å². The molecule has 0 spiro atoms. The minimum absolute atomic E-state index is 0.00667. The van der Waals surface area contributed by atoms with Gasteiger partial charge < -0.3 is 9.26 Å². The third-order valence-electron chi connectivity index (χ3n) is 4.14. The highest BCUT2D eigenvalue weighted by Gasteiger charge is 2.37. The van der Waals surface area contributed by atoms with Gasteiger partial charge in [-0.05, 0) is 31.5 Å². The van der Waals surface area contributed by atoms with Crippen molar-refractivity contribution in [3.05, 3.63) is 51.4 Å². The average Bonchev–Trinajstić information content (AvgIpc) is 3.24. The van der Waals surface area contributed by atoms with Crippen LogP contribution in [0.3, 0.4) is 0 Å². The molecule has 11 heteroatoms. The number of rotatable bonds is 6. The zero-order valence-electron chi connectivity index (χ0n) is 15.6. The molecule has 0 radical (unpaired) electrons. The predicted molar refractivity (Wildman–Crippen MR) is 101 cm³/mol. The van der Waals surface area contributed by atoms with Crippen LogP contribution in [0.2, 0.25) is 0 Å². The average molecular weight is 446 g/mol. The summed E-state index contributed by atoms with van der Waals surface area (Å²) in [6, 6.07) is 7.52. The number of aromatic nitrogens is 1. The molecular formula is C18H17F3N2O4S2. The van der Waals surface area contributed by atoms with Gasteiger partial charge in [0.1, 0.15) is 16.3 Å². The second-order valence-corrected chi connectivity index (χ2v) is 9.30. The molecule has 2 aromatic heterocycles. The Bertz CT molecular complexity index is 1120. The summed E-state index contributed by atoms with van der Waals surface area (Å²) in [7, 11) is -2.50. The summed E-state index contributed by atoms with van der Waals surface area (Å²) in [5.41, 5.74) is 0.624. The molecule has 0 fully saturated rings. The third kappa shape index (κ3) is 4.46. The van der Waals surface area contributed by atoms with Gasteiger partial charge in [-0.3, -0.25) is 0 Å². The van der Waals surface area contributed by atoms with Crippen LogP contribution in [0.25, 0.3) is 11.3 Å². The molecule has 1 N–H and O–H groups in total. The molecule has 2 heterocycles. The maximum absolute atomic E-state index is 13.0. The van der Waals surface area contributed by atoms with Crippen molar-refractivity contribution in [3.63, 3.8) is 0 Å². The monoisotopic (exact) mass is 446 g/mol. The minimum atomic E-state index is -4.71. The van der Waals surface area contributed by atoms with E-state index < -0.39 is 22.0 Å². The number of sulfonamides is 1. The summed E-state index contributed by atoms with van der Waals surface area (Å²) in [6.45, 7) is 3.22. The van der Waals surface area contributed by atoms with Crippen molar-refractivity contribution in [2.75, 3.05) is 7.11 Å². The molecule has 0 saturated carbocycles. The van der Waals surface area contributed by atoms with Crippen molar-refractivity contribution in [1.82, 2.24) is 9.88 Å². The highest BCUT2D eigenvalue weighted by atomic mass is 32.2. The lowest BCUT2D eigenvalue weighted by Crippen LogP contribution is -2.24. The number of aryl methyl sites for hydroxylation is 2. The topological polar surface area (TPSA) is 81.4 Å². The smallest absolute Gasteiger partial charge is 0.452 e. The summed E-state index contributed by atoms with van der Waals surface area (Å²) >= 11 is 1.16. The fourth-order valence-electron chi connectivity index (χ4n) is 2.80. The molecule has 0 unspecified atom stereocenters. The van der Waals surface area contributed by atoms with Gasteiger partial charge in [-0.2, -0.15) is 13.2 Å². The molecule has 156 valence electrons. The second kappa shape index (κ2) is 7.81. The first kappa shape index (κ1) is 21.3. The SMILES string of the molecule is COc1ccc(CNS(=O)(=O)c2c(C)sc(C)c2-c2cc(C(F)(F)F)on2)cc1. The van der Waals surface area contributed by atoms with E-state index in [1.54, 1.807) is 38.1 Å². The number of thiophene rings is 1. The van der Waals surface area contributed by atoms with Crippen LogP contribution in [-0.2, 0) is 22.7 Å². The Morgan fingerprint density at radius 2 is 1.83 bits per heavy atom. The first-order valence-electron chi connectivity index (χ1n) is 8.30. The van der Waals surface area contributed by atoms with E-state index in [9.17, 15) is 21.6 Å². The summed E-state index contributed by atoms with van der Waals surface area (Å²) in [5.74, 6) is -0.653. The highest BCUT2D eigenvalue weighted by Crippen LogP contribution is 2.40. The minimum Gasteiger partial charge on any atom is -0.497 e. The van der Waals surface area contributed by atoms with E-state index in [2.05, 4.69) is 14.4 Å². The van der Waals surface area contributed by atoms with Crippen LogP contribution < -0.4 is 9.46 Å². The van der Waals surface area contributed by atoms with Gasteiger partial charge in [-0.25, -0.2) is 13.1 Å². The van der Waals surface area contributed by atoms with Crippen LogP contribution >= 0.6 is 11.3 Å². The first-order chi connectivity index (χ1) is 13.5. The molecule has 0 aliphatic heterocycles. The standard InChI is InChI=1S/C18H17F3N2O4S2/c1-10-16(14-8-15(27-23-14)18(19,20)21)17(11(2)28-10)29(24,25)22-9-12-4-6-13(26-3)7-5-12/h4-8,22H,9H2,1-3H3. The number of hydrogen-bond donors (Lipinski definition) is 1. The fraction of sp³-hybridized carbons (Fsp3) is 0.278. The Kier molecular flexibility index (Phi) is 5.74. The first-order valence-corrected chi connectivity index (χ1v) is 10.6. The van der Waals surface area contributed by atoms with Gasteiger partial charge >= 0.3 is 6.18 Å². The van der Waals surface area contributed by atoms with Crippen LogP contribution in [-0.4, -0.2) is 20.7 Å². The number of methoxy groups -OCH3 is 1. The lowest BCUT2D eigenvalue weighted by molar-refractivity contribution is -0.155. The summed E-state index contributed by atoms with van der Waals surface area (Å²) in [6.07, 6.45) is -4.71. The summed E-state index contributed by atoms with van der Waals surface area (Å²) in [5, 5.41) is 3.44. The molecule has 0 saturated heterocycles. The van der Waals surface area contributed by atoms with Gasteiger partial charge in [0, 0.05) is 27.9 Å². The Morgan fingerprint density at radius 3 is 2.38 bits per heavy atom. The quantitative estimate of drug-likeness (QED) is 0.602. The zero-order chi connectivity index (χ0) is 21.4. The van der Waals surface area contributed by atoms with Gasteiger partial charge in [0.2, 0.25) is 15.8 Å². The number of ether oxygens (including phenoxy) is 1. The number of hydrogen-bond acceptors (Lipinski definition) is 6. The highest BCUT2D eigenvalue weighted by molar-refractivity contribution is 7.89. The van der Waals surface area contributed by atoms with Gasteiger partial charge in [-0.1, -0.05) is 17.3 Å². The van der Waals surface area contributed by atoms with E-state index in [1.165, 1.54) is 7.11 Å². The maximum Gasteiger partial charge on any atom is 0.452 e. The van der Waals surface area contributed by atoms with Gasteiger partial charge in [0.25, 0.3) is 0 Å². The lowest BCUT2D eigenvalue weighted by Gasteiger charge is -2.09. The predicted octanol–water partition coefficient (Wildman–Crippen LogP) is 4.53. The molecule has 3 rings (SSSR count). The van der Waals surface area contributed by atoms with Crippen LogP contribution in [0, 0.1) is 13.8 Å². The van der Waals surface area contributed by atoms with Crippen molar-refractivity contribution in [2.24, 2.45) is 0 Å². The number of alkyl halides is 3. The van der Waals surface area contributed by atoms with Crippen LogP contribution in [0.15, 0.2) is 39.8 Å². The molecule has 29 heavy (non-hydrogen) atoms. The third-order valence-corrected chi connectivity index (χ3v) is 6.87. The Labute approximate surface area is 169 Å². The van der Waals surface area contributed by atoms with Crippen LogP contribution in [0.5, 0.6) is 5.75 Å². The number of nitrogens with zero attached hydrogens (tertiary/aromatic N) is 1. The number of nitrogens with one attached hydrogen (secondary N) is 1. The van der Waals surface area contributed by atoms with Gasteiger partial charge in [0.15, 0.2) is 0 Å². The number of benzene rings is 1. The largest absolute Gasteiger partial charge is 0.497 e. The molecule has 0 aliphatic carbocycles. The van der Waals surface area contributed by atoms with E-state index in [4.69, 9.17) is 4.74 Å². The molecule has 0 atom stereocenters.